The molecule has 0 radical (unpaired) electrons. The summed E-state index contributed by atoms with van der Waals surface area (Å²) in [6.45, 7) is 7.55. The van der Waals surface area contributed by atoms with E-state index in [1.807, 2.05) is 54.6 Å². The SMILES string of the molecule is [C-]#[N+]c1ccc(-c2ccc3c(c2)nc2nc(-c4ccccc4)cc(-c4ccccc4)n23)c2ccccc12. The van der Waals surface area contributed by atoms with Crippen LogP contribution in [-0.2, 0) is 0 Å². The van der Waals surface area contributed by atoms with E-state index < -0.39 is 0 Å². The van der Waals surface area contributed by atoms with E-state index in [2.05, 4.69) is 76.0 Å². The molecule has 0 aliphatic rings. The predicted octanol–water partition coefficient (Wildman–Crippen LogP) is 8.59. The maximum absolute atomic E-state index is 7.55. The predicted molar refractivity (Wildman–Crippen MR) is 151 cm³/mol. The van der Waals surface area contributed by atoms with Crippen molar-refractivity contribution in [3.8, 4) is 33.6 Å². The van der Waals surface area contributed by atoms with Gasteiger partial charge in [-0.3, -0.25) is 4.40 Å². The fourth-order valence-corrected chi connectivity index (χ4v) is 5.09. The van der Waals surface area contributed by atoms with Crippen LogP contribution in [0.2, 0.25) is 0 Å². The maximum Gasteiger partial charge on any atom is 0.235 e. The second-order valence-electron chi connectivity index (χ2n) is 9.00. The van der Waals surface area contributed by atoms with Gasteiger partial charge in [-0.15, -0.1) is 0 Å². The van der Waals surface area contributed by atoms with Crippen LogP contribution in [0.1, 0.15) is 0 Å². The number of rotatable bonds is 3. The van der Waals surface area contributed by atoms with Crippen molar-refractivity contribution in [2.45, 2.75) is 0 Å². The Balaban J connectivity index is 1.49. The lowest BCUT2D eigenvalue weighted by atomic mass is 9.97. The number of hydrogen-bond acceptors (Lipinski definition) is 2. The molecule has 0 aliphatic carbocycles. The average molecular weight is 473 g/mol. The molecule has 2 heterocycles. The minimum absolute atomic E-state index is 0.665. The smallest absolute Gasteiger partial charge is 0.235 e. The molecule has 0 unspecified atom stereocenters. The highest BCUT2D eigenvalue weighted by molar-refractivity contribution is 6.04. The average Bonchev–Trinajstić information content (AvgIpc) is 3.35. The molecule has 0 spiro atoms. The van der Waals surface area contributed by atoms with Gasteiger partial charge in [0.05, 0.1) is 29.0 Å². The standard InChI is InChI=1S/C33H20N4/c1-34-28-18-17-25(26-14-8-9-15-27(26)28)24-16-19-31-30(20-24)36-33-35-29(22-10-4-2-5-11-22)21-32(37(31)33)23-12-6-3-7-13-23/h2-21H. The van der Waals surface area contributed by atoms with Crippen molar-refractivity contribution in [1.29, 1.82) is 0 Å². The zero-order valence-corrected chi connectivity index (χ0v) is 19.8. The van der Waals surface area contributed by atoms with Gasteiger partial charge in [0.2, 0.25) is 5.78 Å². The Hall–Kier alpha value is -5.27. The summed E-state index contributed by atoms with van der Waals surface area (Å²) in [5.74, 6) is 0.667. The van der Waals surface area contributed by atoms with Crippen molar-refractivity contribution < 1.29 is 0 Å². The van der Waals surface area contributed by atoms with E-state index in [1.165, 1.54) is 0 Å². The van der Waals surface area contributed by atoms with E-state index in [4.69, 9.17) is 16.5 Å². The monoisotopic (exact) mass is 472 g/mol. The molecule has 4 nitrogen and oxygen atoms in total. The summed E-state index contributed by atoms with van der Waals surface area (Å²) in [6.07, 6.45) is 0. The fourth-order valence-electron chi connectivity index (χ4n) is 5.09. The van der Waals surface area contributed by atoms with Crippen LogP contribution in [0.15, 0.2) is 121 Å². The number of aromatic nitrogens is 3. The largest absolute Gasteiger partial charge is 0.276 e. The molecule has 0 saturated heterocycles. The molecule has 0 aliphatic heterocycles. The van der Waals surface area contributed by atoms with Gasteiger partial charge in [-0.2, -0.15) is 0 Å². The Labute approximate surface area is 213 Å². The Morgan fingerprint density at radius 1 is 0.595 bits per heavy atom. The first kappa shape index (κ1) is 21.0. The van der Waals surface area contributed by atoms with Crippen LogP contribution < -0.4 is 0 Å². The highest BCUT2D eigenvalue weighted by Crippen LogP contribution is 2.36. The quantitative estimate of drug-likeness (QED) is 0.241. The van der Waals surface area contributed by atoms with Crippen molar-refractivity contribution in [2.75, 3.05) is 0 Å². The number of benzene rings is 5. The van der Waals surface area contributed by atoms with Crippen molar-refractivity contribution >= 4 is 33.3 Å². The molecule has 5 aromatic carbocycles. The van der Waals surface area contributed by atoms with E-state index in [1.54, 1.807) is 0 Å². The Morgan fingerprint density at radius 2 is 1.30 bits per heavy atom. The molecule has 0 N–H and O–H groups in total. The van der Waals surface area contributed by atoms with Gasteiger partial charge in [-0.25, -0.2) is 14.8 Å². The van der Waals surface area contributed by atoms with Crippen LogP contribution in [-0.4, -0.2) is 14.4 Å². The van der Waals surface area contributed by atoms with Gasteiger partial charge in [-0.05, 0) is 45.7 Å². The Morgan fingerprint density at radius 3 is 2.05 bits per heavy atom. The van der Waals surface area contributed by atoms with Crippen LogP contribution in [0.5, 0.6) is 0 Å². The Bertz CT molecular complexity index is 1980. The van der Waals surface area contributed by atoms with Crippen LogP contribution in [0.4, 0.5) is 5.69 Å². The summed E-state index contributed by atoms with van der Waals surface area (Å²) < 4.78 is 2.14. The number of imidazole rings is 1. The third-order valence-electron chi connectivity index (χ3n) is 6.84. The zero-order valence-electron chi connectivity index (χ0n) is 19.8. The molecule has 2 aromatic heterocycles. The molecular weight excluding hydrogens is 452 g/mol. The van der Waals surface area contributed by atoms with Crippen molar-refractivity contribution in [1.82, 2.24) is 14.4 Å². The lowest BCUT2D eigenvalue weighted by Gasteiger charge is -2.11. The van der Waals surface area contributed by atoms with Crippen LogP contribution in [0, 0.1) is 6.57 Å². The minimum atomic E-state index is 0.665. The molecule has 0 saturated carbocycles. The van der Waals surface area contributed by atoms with E-state index in [0.717, 1.165) is 55.4 Å². The summed E-state index contributed by atoms with van der Waals surface area (Å²) in [7, 11) is 0. The molecular formula is C33H20N4. The lowest BCUT2D eigenvalue weighted by molar-refractivity contribution is 1.14. The van der Waals surface area contributed by atoms with E-state index in [-0.39, 0.29) is 0 Å². The van der Waals surface area contributed by atoms with Gasteiger partial charge in [-0.1, -0.05) is 103 Å². The summed E-state index contributed by atoms with van der Waals surface area (Å²) in [5.41, 5.74) is 8.81. The second-order valence-corrected chi connectivity index (χ2v) is 9.00. The normalized spacial score (nSPS) is 11.2. The minimum Gasteiger partial charge on any atom is -0.276 e. The van der Waals surface area contributed by atoms with Gasteiger partial charge in [0.25, 0.3) is 0 Å². The summed E-state index contributed by atoms with van der Waals surface area (Å²) in [5, 5.41) is 2.03. The first-order valence-corrected chi connectivity index (χ1v) is 12.1. The Kier molecular flexibility index (Phi) is 4.80. The van der Waals surface area contributed by atoms with Crippen molar-refractivity contribution in [3.63, 3.8) is 0 Å². The fraction of sp³-hybridized carbons (Fsp3) is 0. The van der Waals surface area contributed by atoms with Gasteiger partial charge in [0.15, 0.2) is 5.69 Å². The van der Waals surface area contributed by atoms with Crippen LogP contribution >= 0.6 is 0 Å². The van der Waals surface area contributed by atoms with Crippen molar-refractivity contribution in [3.05, 3.63) is 133 Å². The highest BCUT2D eigenvalue weighted by atomic mass is 15.1. The number of fused-ring (bicyclic) bond motifs is 4. The molecule has 0 bridgehead atoms. The molecule has 37 heavy (non-hydrogen) atoms. The first-order chi connectivity index (χ1) is 18.3. The van der Waals surface area contributed by atoms with Crippen molar-refractivity contribution in [2.24, 2.45) is 0 Å². The van der Waals surface area contributed by atoms with E-state index >= 15 is 0 Å². The molecule has 7 rings (SSSR count). The third kappa shape index (κ3) is 3.45. The molecule has 0 atom stereocenters. The van der Waals surface area contributed by atoms with E-state index in [9.17, 15) is 0 Å². The van der Waals surface area contributed by atoms with Gasteiger partial charge in [0.1, 0.15) is 0 Å². The molecule has 0 fully saturated rings. The highest BCUT2D eigenvalue weighted by Gasteiger charge is 2.16. The van der Waals surface area contributed by atoms with Gasteiger partial charge >= 0.3 is 0 Å². The number of hydrogen-bond donors (Lipinski definition) is 0. The first-order valence-electron chi connectivity index (χ1n) is 12.1. The topological polar surface area (TPSA) is 34.5 Å². The van der Waals surface area contributed by atoms with Crippen LogP contribution in [0.25, 0.3) is 66.1 Å². The third-order valence-corrected chi connectivity index (χ3v) is 6.84. The van der Waals surface area contributed by atoms with Gasteiger partial charge in [0, 0.05) is 5.56 Å². The number of nitrogens with zero attached hydrogens (tertiary/aromatic N) is 4. The zero-order chi connectivity index (χ0) is 24.8. The lowest BCUT2D eigenvalue weighted by Crippen LogP contribution is -1.97. The summed E-state index contributed by atoms with van der Waals surface area (Å²) in [4.78, 5) is 13.7. The maximum atomic E-state index is 7.55. The summed E-state index contributed by atoms with van der Waals surface area (Å²) >= 11 is 0. The van der Waals surface area contributed by atoms with Gasteiger partial charge < -0.3 is 0 Å². The van der Waals surface area contributed by atoms with E-state index in [0.29, 0.717) is 11.5 Å². The van der Waals surface area contributed by atoms with Crippen LogP contribution in [0.3, 0.4) is 0 Å². The molecule has 7 aromatic rings. The molecule has 0 amide bonds. The molecule has 4 heteroatoms. The molecule has 172 valence electrons. The second kappa shape index (κ2) is 8.44. The summed E-state index contributed by atoms with van der Waals surface area (Å²) in [6, 6.07) is 41.2.